The van der Waals surface area contributed by atoms with Gasteiger partial charge in [0.1, 0.15) is 11.4 Å². The van der Waals surface area contributed by atoms with Crippen LogP contribution in [0.1, 0.15) is 31.1 Å². The third-order valence-corrected chi connectivity index (χ3v) is 2.65. The molecule has 0 aliphatic heterocycles. The van der Waals surface area contributed by atoms with E-state index in [1.54, 1.807) is 46.1 Å². The van der Waals surface area contributed by atoms with Gasteiger partial charge >= 0.3 is 5.97 Å². The first-order valence-corrected chi connectivity index (χ1v) is 6.15. The van der Waals surface area contributed by atoms with Gasteiger partial charge in [-0.1, -0.05) is 0 Å². The lowest BCUT2D eigenvalue weighted by atomic mass is 10.2. The summed E-state index contributed by atoms with van der Waals surface area (Å²) in [6.45, 7) is 5.40. The van der Waals surface area contributed by atoms with Crippen molar-refractivity contribution in [2.24, 2.45) is 0 Å². The van der Waals surface area contributed by atoms with Crippen molar-refractivity contribution in [2.75, 3.05) is 7.11 Å². The quantitative estimate of drug-likeness (QED) is 0.477. The number of rotatable bonds is 3. The topological polar surface area (TPSA) is 44.8 Å². The van der Waals surface area contributed by atoms with E-state index in [1.165, 1.54) is 0 Å². The standard InChI is InChI=1S/C12H15IO4/c1-12(2,3)17-16-11(14)8-5-6-9(13)10(7-8)15-4/h5-7H,1-4H3. The Kier molecular flexibility index (Phi) is 4.76. The zero-order valence-corrected chi connectivity index (χ0v) is 12.4. The van der Waals surface area contributed by atoms with Gasteiger partial charge in [-0.15, -0.1) is 0 Å². The molecule has 5 heteroatoms. The van der Waals surface area contributed by atoms with Crippen LogP contribution in [0, 0.1) is 3.57 Å². The smallest absolute Gasteiger partial charge is 0.373 e. The summed E-state index contributed by atoms with van der Waals surface area (Å²) in [6, 6.07) is 5.07. The van der Waals surface area contributed by atoms with E-state index in [9.17, 15) is 4.79 Å². The second kappa shape index (κ2) is 5.68. The van der Waals surface area contributed by atoms with Gasteiger partial charge < -0.3 is 4.74 Å². The number of benzene rings is 1. The van der Waals surface area contributed by atoms with Crippen LogP contribution >= 0.6 is 22.6 Å². The summed E-state index contributed by atoms with van der Waals surface area (Å²) in [4.78, 5) is 21.4. The molecule has 0 saturated heterocycles. The molecule has 0 radical (unpaired) electrons. The molecule has 0 heterocycles. The van der Waals surface area contributed by atoms with Crippen LogP contribution in [-0.2, 0) is 9.78 Å². The fourth-order valence-electron chi connectivity index (χ4n) is 0.998. The summed E-state index contributed by atoms with van der Waals surface area (Å²) >= 11 is 2.13. The van der Waals surface area contributed by atoms with E-state index in [0.717, 1.165) is 3.57 Å². The summed E-state index contributed by atoms with van der Waals surface area (Å²) < 4.78 is 6.05. The van der Waals surface area contributed by atoms with Crippen LogP contribution < -0.4 is 4.74 Å². The van der Waals surface area contributed by atoms with Crippen LogP contribution in [0.4, 0.5) is 0 Å². The van der Waals surface area contributed by atoms with Crippen molar-refractivity contribution in [3.05, 3.63) is 27.3 Å². The van der Waals surface area contributed by atoms with Crippen molar-refractivity contribution in [3.63, 3.8) is 0 Å². The number of carbonyl (C=O) groups excluding carboxylic acids is 1. The Morgan fingerprint density at radius 2 is 1.94 bits per heavy atom. The monoisotopic (exact) mass is 350 g/mol. The molecule has 0 saturated carbocycles. The fraction of sp³-hybridized carbons (Fsp3) is 0.417. The van der Waals surface area contributed by atoms with Gasteiger partial charge in [-0.25, -0.2) is 4.79 Å². The van der Waals surface area contributed by atoms with Crippen molar-refractivity contribution in [1.82, 2.24) is 0 Å². The predicted octanol–water partition coefficient (Wildman–Crippen LogP) is 3.19. The molecule has 0 amide bonds. The molecular formula is C12H15IO4. The van der Waals surface area contributed by atoms with Crippen LogP contribution in [0.3, 0.4) is 0 Å². The zero-order valence-electron chi connectivity index (χ0n) is 10.2. The van der Waals surface area contributed by atoms with Gasteiger partial charge in [-0.2, -0.15) is 4.89 Å². The van der Waals surface area contributed by atoms with Crippen molar-refractivity contribution in [3.8, 4) is 5.75 Å². The van der Waals surface area contributed by atoms with Crippen molar-refractivity contribution < 1.29 is 19.3 Å². The molecule has 4 nitrogen and oxygen atoms in total. The SMILES string of the molecule is COc1cc(C(=O)OOC(C)(C)C)ccc1I. The van der Waals surface area contributed by atoms with Gasteiger partial charge in [0.2, 0.25) is 0 Å². The summed E-state index contributed by atoms with van der Waals surface area (Å²) in [5.74, 6) is 0.102. The van der Waals surface area contributed by atoms with Gasteiger partial charge in [0.25, 0.3) is 0 Å². The zero-order chi connectivity index (χ0) is 13.1. The van der Waals surface area contributed by atoms with E-state index in [2.05, 4.69) is 22.6 Å². The number of hydrogen-bond acceptors (Lipinski definition) is 4. The maximum absolute atomic E-state index is 11.7. The lowest BCUT2D eigenvalue weighted by molar-refractivity contribution is -0.301. The third-order valence-electron chi connectivity index (χ3n) is 1.75. The molecule has 0 bridgehead atoms. The maximum Gasteiger partial charge on any atom is 0.373 e. The molecule has 0 N–H and O–H groups in total. The highest BCUT2D eigenvalue weighted by atomic mass is 127. The third kappa shape index (κ3) is 4.51. The maximum atomic E-state index is 11.7. The lowest BCUT2D eigenvalue weighted by Crippen LogP contribution is -2.21. The molecule has 17 heavy (non-hydrogen) atoms. The Balaban J connectivity index is 2.76. The number of halogens is 1. The van der Waals surface area contributed by atoms with Crippen LogP contribution in [0.15, 0.2) is 18.2 Å². The summed E-state index contributed by atoms with van der Waals surface area (Å²) in [5.41, 5.74) is -0.130. The average molecular weight is 350 g/mol. The van der Waals surface area contributed by atoms with Gasteiger partial charge in [-0.3, -0.25) is 4.89 Å². The fourth-order valence-corrected chi connectivity index (χ4v) is 1.55. The van der Waals surface area contributed by atoms with Crippen molar-refractivity contribution in [2.45, 2.75) is 26.4 Å². The number of carbonyl (C=O) groups is 1. The summed E-state index contributed by atoms with van der Waals surface area (Å²) in [7, 11) is 1.55. The molecule has 0 aromatic heterocycles. The second-order valence-corrected chi connectivity index (χ2v) is 5.58. The van der Waals surface area contributed by atoms with E-state index in [1.807, 2.05) is 0 Å². The van der Waals surface area contributed by atoms with Crippen LogP contribution in [0.5, 0.6) is 5.75 Å². The highest BCUT2D eigenvalue weighted by Crippen LogP contribution is 2.22. The minimum Gasteiger partial charge on any atom is -0.496 e. The van der Waals surface area contributed by atoms with Crippen LogP contribution in [-0.4, -0.2) is 18.7 Å². The number of hydrogen-bond donors (Lipinski definition) is 0. The lowest BCUT2D eigenvalue weighted by Gasteiger charge is -2.16. The molecule has 1 rings (SSSR count). The molecule has 1 aromatic rings. The highest BCUT2D eigenvalue weighted by molar-refractivity contribution is 14.1. The Morgan fingerprint density at radius 3 is 2.47 bits per heavy atom. The van der Waals surface area contributed by atoms with Gasteiger partial charge in [0, 0.05) is 0 Å². The summed E-state index contributed by atoms with van der Waals surface area (Å²) in [5, 5.41) is 0. The predicted molar refractivity (Wildman–Crippen MR) is 72.0 cm³/mol. The van der Waals surface area contributed by atoms with Gasteiger partial charge in [0.05, 0.1) is 16.2 Å². The molecule has 0 spiro atoms. The second-order valence-electron chi connectivity index (χ2n) is 4.42. The first kappa shape index (κ1) is 14.2. The van der Waals surface area contributed by atoms with Crippen LogP contribution in [0.2, 0.25) is 0 Å². The van der Waals surface area contributed by atoms with E-state index < -0.39 is 11.6 Å². The molecule has 0 aliphatic carbocycles. The van der Waals surface area contributed by atoms with Gasteiger partial charge in [0.15, 0.2) is 0 Å². The number of ether oxygens (including phenoxy) is 1. The normalized spacial score (nSPS) is 11.1. The molecule has 0 aliphatic rings. The van der Waals surface area contributed by atoms with E-state index in [4.69, 9.17) is 14.5 Å². The average Bonchev–Trinajstić information content (AvgIpc) is 2.25. The minimum absolute atomic E-state index is 0.395. The van der Waals surface area contributed by atoms with Crippen molar-refractivity contribution in [1.29, 1.82) is 0 Å². The van der Waals surface area contributed by atoms with Crippen molar-refractivity contribution >= 4 is 28.6 Å². The largest absolute Gasteiger partial charge is 0.496 e. The van der Waals surface area contributed by atoms with E-state index in [0.29, 0.717) is 11.3 Å². The Morgan fingerprint density at radius 1 is 1.29 bits per heavy atom. The minimum atomic E-state index is -0.533. The first-order chi connectivity index (χ1) is 7.83. The summed E-state index contributed by atoms with van der Waals surface area (Å²) in [6.07, 6.45) is 0. The Hall–Kier alpha value is -0.820. The van der Waals surface area contributed by atoms with E-state index in [-0.39, 0.29) is 0 Å². The number of methoxy groups -OCH3 is 1. The molecular weight excluding hydrogens is 335 g/mol. The molecule has 94 valence electrons. The van der Waals surface area contributed by atoms with Gasteiger partial charge in [-0.05, 0) is 61.6 Å². The van der Waals surface area contributed by atoms with E-state index >= 15 is 0 Å². The molecule has 0 unspecified atom stereocenters. The van der Waals surface area contributed by atoms with Crippen LogP contribution in [0.25, 0.3) is 0 Å². The highest BCUT2D eigenvalue weighted by Gasteiger charge is 2.17. The molecule has 0 atom stereocenters. The first-order valence-electron chi connectivity index (χ1n) is 5.07. The Labute approximate surface area is 114 Å². The molecule has 1 aromatic carbocycles. The Bertz CT molecular complexity index is 409. The molecule has 0 fully saturated rings.